The number of piperazine rings is 1. The maximum absolute atomic E-state index is 12.7. The second kappa shape index (κ2) is 13.0. The van der Waals surface area contributed by atoms with Gasteiger partial charge in [0, 0.05) is 32.2 Å². The molecule has 1 saturated heterocycles. The number of nitrogens with zero attached hydrogens (tertiary/aromatic N) is 2. The molecule has 2 fully saturated rings. The van der Waals surface area contributed by atoms with Crippen LogP contribution in [0, 0.1) is 0 Å². The Labute approximate surface area is 206 Å². The van der Waals surface area contributed by atoms with Gasteiger partial charge < -0.3 is 15.5 Å². The first-order valence-corrected chi connectivity index (χ1v) is 12.2. The van der Waals surface area contributed by atoms with Gasteiger partial charge in [-0.25, -0.2) is 9.59 Å². The Balaban J connectivity index is 0.000000509. The molecule has 35 heavy (non-hydrogen) atoms. The van der Waals surface area contributed by atoms with Crippen molar-refractivity contribution >= 4 is 17.8 Å². The van der Waals surface area contributed by atoms with Gasteiger partial charge in [-0.15, -0.1) is 0 Å². The van der Waals surface area contributed by atoms with Gasteiger partial charge >= 0.3 is 11.9 Å². The third-order valence-corrected chi connectivity index (χ3v) is 6.76. The van der Waals surface area contributed by atoms with Crippen molar-refractivity contribution in [3.05, 3.63) is 71.8 Å². The highest BCUT2D eigenvalue weighted by atomic mass is 16.4. The van der Waals surface area contributed by atoms with Gasteiger partial charge in [0.2, 0.25) is 5.91 Å². The summed E-state index contributed by atoms with van der Waals surface area (Å²) in [4.78, 5) is 35.8. The molecule has 2 aliphatic rings. The van der Waals surface area contributed by atoms with Crippen molar-refractivity contribution in [1.82, 2.24) is 15.1 Å². The van der Waals surface area contributed by atoms with Crippen LogP contribution in [0.2, 0.25) is 0 Å². The molecule has 1 heterocycles. The number of aliphatic carboxylic acids is 2. The molecular weight excluding hydrogens is 446 g/mol. The molecule has 1 saturated carbocycles. The molecule has 188 valence electrons. The average Bonchev–Trinajstić information content (AvgIpc) is 3.39. The minimum absolute atomic E-state index is 0.0512. The van der Waals surface area contributed by atoms with Crippen LogP contribution in [-0.2, 0) is 14.4 Å². The van der Waals surface area contributed by atoms with Crippen molar-refractivity contribution in [1.29, 1.82) is 0 Å². The first kappa shape index (κ1) is 26.4. The fraction of sp³-hybridized carbons (Fsp3) is 0.444. The van der Waals surface area contributed by atoms with Crippen LogP contribution >= 0.6 is 0 Å². The molecule has 1 aliphatic carbocycles. The molecule has 3 N–H and O–H groups in total. The smallest absolute Gasteiger partial charge is 0.414 e. The number of hydrogen-bond acceptors (Lipinski definition) is 5. The Bertz CT molecular complexity index is 904. The van der Waals surface area contributed by atoms with Crippen molar-refractivity contribution in [2.24, 2.45) is 0 Å². The molecule has 1 atom stereocenters. The number of nitrogens with one attached hydrogen (secondary N) is 1. The number of carbonyl (C=O) groups is 3. The maximum Gasteiger partial charge on any atom is 0.414 e. The van der Waals surface area contributed by atoms with E-state index in [1.54, 1.807) is 0 Å². The number of hydrogen-bond donors (Lipinski definition) is 3. The molecule has 0 bridgehead atoms. The summed E-state index contributed by atoms with van der Waals surface area (Å²) in [5.74, 6) is -3.45. The van der Waals surface area contributed by atoms with Crippen molar-refractivity contribution in [2.75, 3.05) is 26.2 Å². The van der Waals surface area contributed by atoms with Crippen LogP contribution in [0.5, 0.6) is 0 Å². The molecule has 8 heteroatoms. The average molecular weight is 482 g/mol. The summed E-state index contributed by atoms with van der Waals surface area (Å²) in [6.45, 7) is 5.85. The lowest BCUT2D eigenvalue weighted by Crippen LogP contribution is -2.55. The third-order valence-electron chi connectivity index (χ3n) is 6.76. The van der Waals surface area contributed by atoms with Gasteiger partial charge in [0.15, 0.2) is 0 Å². The van der Waals surface area contributed by atoms with Crippen LogP contribution < -0.4 is 5.32 Å². The predicted octanol–water partition coefficient (Wildman–Crippen LogP) is 3.00. The zero-order valence-electron chi connectivity index (χ0n) is 20.2. The van der Waals surface area contributed by atoms with Crippen LogP contribution in [0.25, 0.3) is 0 Å². The van der Waals surface area contributed by atoms with Gasteiger partial charge in [-0.2, -0.15) is 0 Å². The van der Waals surface area contributed by atoms with Crippen LogP contribution in [0.1, 0.15) is 49.8 Å². The summed E-state index contributed by atoms with van der Waals surface area (Å²) in [5, 5.41) is 18.0. The SMILES string of the molecule is CC(C(=O)NC1CCCC1)N1CCN(C(c2ccccc2)c2ccccc2)CC1.O=C(O)C(=O)O. The minimum atomic E-state index is -1.82. The molecule has 0 radical (unpaired) electrons. The quantitative estimate of drug-likeness (QED) is 0.544. The topological polar surface area (TPSA) is 110 Å². The number of carboxylic acids is 2. The first-order chi connectivity index (χ1) is 16.9. The van der Waals surface area contributed by atoms with Gasteiger partial charge in [0.1, 0.15) is 0 Å². The lowest BCUT2D eigenvalue weighted by molar-refractivity contribution is -0.159. The van der Waals surface area contributed by atoms with Gasteiger partial charge in [0.05, 0.1) is 12.1 Å². The second-order valence-electron chi connectivity index (χ2n) is 9.07. The molecule has 1 aliphatic heterocycles. The van der Waals surface area contributed by atoms with Crippen molar-refractivity contribution in [3.63, 3.8) is 0 Å². The molecule has 0 aromatic heterocycles. The standard InChI is InChI=1S/C25H33N3O.C2H2O4/c1-20(25(29)26-23-14-8-9-15-23)27-16-18-28(19-17-27)24(21-10-4-2-5-11-21)22-12-6-3-7-13-22;3-1(4)2(5)6/h2-7,10-13,20,23-24H,8-9,14-19H2,1H3,(H,26,29);(H,3,4)(H,5,6). The minimum Gasteiger partial charge on any atom is -0.473 e. The highest BCUT2D eigenvalue weighted by Gasteiger charge is 2.31. The molecule has 2 aromatic rings. The number of rotatable bonds is 6. The third kappa shape index (κ3) is 7.63. The Hall–Kier alpha value is -3.23. The number of benzene rings is 2. The van der Waals surface area contributed by atoms with E-state index in [9.17, 15) is 4.79 Å². The Morgan fingerprint density at radius 1 is 0.771 bits per heavy atom. The molecule has 2 aromatic carbocycles. The Morgan fingerprint density at radius 2 is 1.20 bits per heavy atom. The summed E-state index contributed by atoms with van der Waals surface area (Å²) in [6, 6.07) is 22.1. The fourth-order valence-corrected chi connectivity index (χ4v) is 4.83. The van der Waals surface area contributed by atoms with Crippen molar-refractivity contribution in [2.45, 2.75) is 50.7 Å². The van der Waals surface area contributed by atoms with E-state index in [2.05, 4.69) is 82.7 Å². The molecule has 0 spiro atoms. The van der Waals surface area contributed by atoms with E-state index in [-0.39, 0.29) is 18.0 Å². The fourth-order valence-electron chi connectivity index (χ4n) is 4.83. The molecular formula is C27H35N3O5. The lowest BCUT2D eigenvalue weighted by Gasteiger charge is -2.41. The Morgan fingerprint density at radius 3 is 1.63 bits per heavy atom. The van der Waals surface area contributed by atoms with Crippen LogP contribution in [0.15, 0.2) is 60.7 Å². The van der Waals surface area contributed by atoms with E-state index in [4.69, 9.17) is 19.8 Å². The predicted molar refractivity (Wildman–Crippen MR) is 133 cm³/mol. The van der Waals surface area contributed by atoms with Gasteiger partial charge in [-0.3, -0.25) is 14.6 Å². The number of carbonyl (C=O) groups excluding carboxylic acids is 1. The molecule has 4 rings (SSSR count). The van der Waals surface area contributed by atoms with E-state index in [0.717, 1.165) is 39.0 Å². The van der Waals surface area contributed by atoms with Crippen molar-refractivity contribution < 1.29 is 24.6 Å². The van der Waals surface area contributed by atoms with E-state index >= 15 is 0 Å². The van der Waals surface area contributed by atoms with Crippen LogP contribution in [0.4, 0.5) is 0 Å². The molecule has 1 amide bonds. The summed E-state index contributed by atoms with van der Waals surface area (Å²) >= 11 is 0. The number of amides is 1. The molecule has 1 unspecified atom stereocenters. The largest absolute Gasteiger partial charge is 0.473 e. The van der Waals surface area contributed by atoms with Crippen LogP contribution in [0.3, 0.4) is 0 Å². The summed E-state index contributed by atoms with van der Waals surface area (Å²) in [6.07, 6.45) is 4.78. The summed E-state index contributed by atoms with van der Waals surface area (Å²) in [5.41, 5.74) is 2.67. The summed E-state index contributed by atoms with van der Waals surface area (Å²) in [7, 11) is 0. The normalized spacial score (nSPS) is 17.9. The van der Waals surface area contributed by atoms with E-state index in [0.29, 0.717) is 6.04 Å². The van der Waals surface area contributed by atoms with Gasteiger partial charge in [0.25, 0.3) is 0 Å². The van der Waals surface area contributed by atoms with Gasteiger partial charge in [-0.1, -0.05) is 73.5 Å². The highest BCUT2D eigenvalue weighted by molar-refractivity contribution is 6.27. The highest BCUT2D eigenvalue weighted by Crippen LogP contribution is 2.29. The second-order valence-corrected chi connectivity index (χ2v) is 9.07. The summed E-state index contributed by atoms with van der Waals surface area (Å²) < 4.78 is 0. The first-order valence-electron chi connectivity index (χ1n) is 12.2. The van der Waals surface area contributed by atoms with E-state index in [1.807, 2.05) is 0 Å². The Kier molecular flexibility index (Phi) is 9.81. The van der Waals surface area contributed by atoms with Crippen molar-refractivity contribution in [3.8, 4) is 0 Å². The van der Waals surface area contributed by atoms with Gasteiger partial charge in [-0.05, 0) is 30.9 Å². The van der Waals surface area contributed by atoms with E-state index < -0.39 is 11.9 Å². The van der Waals surface area contributed by atoms with E-state index in [1.165, 1.54) is 24.0 Å². The molecule has 8 nitrogen and oxygen atoms in total. The maximum atomic E-state index is 12.7. The monoisotopic (exact) mass is 481 g/mol. The van der Waals surface area contributed by atoms with Crippen LogP contribution in [-0.4, -0.2) is 76.1 Å². The zero-order chi connectivity index (χ0) is 25.2. The number of carboxylic acid groups (broad SMARTS) is 2. The zero-order valence-corrected chi connectivity index (χ0v) is 20.2. The lowest BCUT2D eigenvalue weighted by atomic mass is 9.96.